The number of benzene rings is 2. The number of carbonyl (C=O) groups excluding carboxylic acids is 3. The van der Waals surface area contributed by atoms with Crippen LogP contribution in [0.3, 0.4) is 0 Å². The third kappa shape index (κ3) is 2.40. The number of nitrogens with zero attached hydrogens (tertiary/aromatic N) is 3. The van der Waals surface area contributed by atoms with E-state index in [9.17, 15) is 24.5 Å². The van der Waals surface area contributed by atoms with Gasteiger partial charge in [-0.3, -0.25) is 29.4 Å². The number of non-ortho nitro benzene ring substituents is 1. The molecule has 2 aromatic rings. The Bertz CT molecular complexity index is 1340. The van der Waals surface area contributed by atoms with E-state index >= 15 is 0 Å². The Morgan fingerprint density at radius 1 is 1.12 bits per heavy atom. The van der Waals surface area contributed by atoms with Crippen LogP contribution in [-0.2, 0) is 19.9 Å². The summed E-state index contributed by atoms with van der Waals surface area (Å²) in [5, 5.41) is 14.6. The van der Waals surface area contributed by atoms with Crippen LogP contribution in [0.5, 0.6) is 0 Å². The van der Waals surface area contributed by atoms with Crippen LogP contribution in [0.1, 0.15) is 29.5 Å². The summed E-state index contributed by atoms with van der Waals surface area (Å²) in [4.78, 5) is 55.4. The molecule has 1 N–H and O–H groups in total. The molecule has 4 atom stereocenters. The van der Waals surface area contributed by atoms with Crippen molar-refractivity contribution in [3.05, 3.63) is 62.2 Å². The minimum absolute atomic E-state index is 0.117. The number of amides is 3. The van der Waals surface area contributed by atoms with E-state index in [0.717, 1.165) is 16.9 Å². The van der Waals surface area contributed by atoms with Gasteiger partial charge in [0.25, 0.3) is 5.69 Å². The number of hydrogen-bond donors (Lipinski definition) is 1. The molecule has 0 radical (unpaired) electrons. The van der Waals surface area contributed by atoms with Gasteiger partial charge in [0.15, 0.2) is 0 Å². The molecular weight excluding hydrogens is 460 g/mol. The van der Waals surface area contributed by atoms with Crippen LogP contribution in [0.15, 0.2) is 30.3 Å². The van der Waals surface area contributed by atoms with Gasteiger partial charge in [0.05, 0.1) is 22.4 Å². The number of nitro benzene ring substituents is 1. The summed E-state index contributed by atoms with van der Waals surface area (Å²) >= 11 is 6.40. The molecule has 0 aromatic heterocycles. The lowest BCUT2D eigenvalue weighted by Gasteiger charge is -2.36. The Hall–Kier alpha value is -3.30. The van der Waals surface area contributed by atoms with Crippen LogP contribution in [-0.4, -0.2) is 40.1 Å². The second-order valence-electron chi connectivity index (χ2n) is 9.51. The Labute approximate surface area is 199 Å². The van der Waals surface area contributed by atoms with Crippen molar-refractivity contribution in [2.24, 2.45) is 11.8 Å². The fourth-order valence-electron chi connectivity index (χ4n) is 6.68. The van der Waals surface area contributed by atoms with Crippen LogP contribution in [0.4, 0.5) is 17.1 Å². The fourth-order valence-corrected chi connectivity index (χ4v) is 6.95. The molecule has 1 spiro atoms. The zero-order valence-electron chi connectivity index (χ0n) is 18.5. The number of nitrogens with one attached hydrogen (secondary N) is 1. The normalized spacial score (nSPS) is 29.6. The average Bonchev–Trinajstić information content (AvgIpc) is 3.48. The summed E-state index contributed by atoms with van der Waals surface area (Å²) in [6, 6.07) is 7.32. The van der Waals surface area contributed by atoms with Crippen molar-refractivity contribution in [1.29, 1.82) is 0 Å². The summed E-state index contributed by atoms with van der Waals surface area (Å²) in [6.45, 7) is 4.09. The molecule has 4 aliphatic heterocycles. The van der Waals surface area contributed by atoms with Crippen LogP contribution in [0.25, 0.3) is 0 Å². The summed E-state index contributed by atoms with van der Waals surface area (Å²) in [5.41, 5.74) is 1.42. The van der Waals surface area contributed by atoms with Crippen molar-refractivity contribution in [3.63, 3.8) is 0 Å². The van der Waals surface area contributed by atoms with Gasteiger partial charge in [-0.1, -0.05) is 11.6 Å². The molecule has 174 valence electrons. The molecule has 3 fully saturated rings. The maximum absolute atomic E-state index is 14.0. The van der Waals surface area contributed by atoms with Crippen LogP contribution < -0.4 is 10.2 Å². The third-order valence-electron chi connectivity index (χ3n) is 7.90. The lowest BCUT2D eigenvalue weighted by atomic mass is 9.75. The molecule has 0 saturated carbocycles. The molecule has 4 heterocycles. The number of anilines is 2. The fraction of sp³-hybridized carbons (Fsp3) is 0.375. The Morgan fingerprint density at radius 2 is 1.88 bits per heavy atom. The topological polar surface area (TPSA) is 113 Å². The number of aryl methyl sites for hydroxylation is 2. The molecule has 6 rings (SSSR count). The van der Waals surface area contributed by atoms with E-state index in [2.05, 4.69) is 5.32 Å². The van der Waals surface area contributed by atoms with Gasteiger partial charge in [-0.15, -0.1) is 0 Å². The summed E-state index contributed by atoms with van der Waals surface area (Å²) < 4.78 is 0. The van der Waals surface area contributed by atoms with E-state index in [1.807, 2.05) is 11.8 Å². The highest BCUT2D eigenvalue weighted by atomic mass is 35.5. The van der Waals surface area contributed by atoms with Crippen molar-refractivity contribution in [2.75, 3.05) is 16.8 Å². The predicted molar refractivity (Wildman–Crippen MR) is 124 cm³/mol. The van der Waals surface area contributed by atoms with Gasteiger partial charge in [-0.25, -0.2) is 4.90 Å². The number of nitro groups is 1. The molecule has 9 nitrogen and oxygen atoms in total. The highest BCUT2D eigenvalue weighted by molar-refractivity contribution is 6.31. The minimum atomic E-state index is -1.31. The molecule has 0 bridgehead atoms. The van der Waals surface area contributed by atoms with Crippen LogP contribution >= 0.6 is 11.6 Å². The highest BCUT2D eigenvalue weighted by Crippen LogP contribution is 2.61. The second-order valence-corrected chi connectivity index (χ2v) is 9.95. The van der Waals surface area contributed by atoms with Gasteiger partial charge in [0.1, 0.15) is 5.54 Å². The van der Waals surface area contributed by atoms with Crippen molar-refractivity contribution < 1.29 is 19.3 Å². The lowest BCUT2D eigenvalue weighted by molar-refractivity contribution is -0.384. The van der Waals surface area contributed by atoms with E-state index in [0.29, 0.717) is 40.5 Å². The minimum Gasteiger partial charge on any atom is -0.324 e. The van der Waals surface area contributed by atoms with E-state index in [-0.39, 0.29) is 23.5 Å². The molecule has 0 unspecified atom stereocenters. The SMILES string of the molecule is Cc1cc([N+](=O)[O-])ccc1N1C(=O)[C@@H]2[C@H]3CCCN3[C@@]3(C(=O)Nc4c(C)cc(Cl)cc43)[C@@H]2C1=O. The average molecular weight is 481 g/mol. The molecule has 3 saturated heterocycles. The van der Waals surface area contributed by atoms with E-state index < -0.39 is 28.2 Å². The van der Waals surface area contributed by atoms with Gasteiger partial charge < -0.3 is 5.32 Å². The van der Waals surface area contributed by atoms with Gasteiger partial charge in [0.2, 0.25) is 17.7 Å². The summed E-state index contributed by atoms with van der Waals surface area (Å²) in [5.74, 6) is -2.71. The van der Waals surface area contributed by atoms with Crippen LogP contribution in [0, 0.1) is 35.8 Å². The van der Waals surface area contributed by atoms with Crippen molar-refractivity contribution in [1.82, 2.24) is 4.90 Å². The van der Waals surface area contributed by atoms with Crippen LogP contribution in [0.2, 0.25) is 5.02 Å². The van der Waals surface area contributed by atoms with Gasteiger partial charge >= 0.3 is 0 Å². The first kappa shape index (κ1) is 21.2. The Balaban J connectivity index is 1.54. The molecule has 4 aliphatic rings. The Kier molecular flexibility index (Phi) is 4.29. The number of hydrogen-bond acceptors (Lipinski definition) is 6. The lowest BCUT2D eigenvalue weighted by Crippen LogP contribution is -2.54. The van der Waals surface area contributed by atoms with Crippen molar-refractivity contribution >= 4 is 46.4 Å². The number of halogens is 1. The van der Waals surface area contributed by atoms with E-state index in [1.165, 1.54) is 18.2 Å². The Morgan fingerprint density at radius 3 is 2.59 bits per heavy atom. The predicted octanol–water partition coefficient (Wildman–Crippen LogP) is 3.30. The number of rotatable bonds is 2. The summed E-state index contributed by atoms with van der Waals surface area (Å²) in [6.07, 6.45) is 1.52. The molecular formula is C24H21ClN4O5. The number of carbonyl (C=O) groups is 3. The van der Waals surface area contributed by atoms with Crippen molar-refractivity contribution in [2.45, 2.75) is 38.3 Å². The monoisotopic (exact) mass is 480 g/mol. The zero-order chi connectivity index (χ0) is 24.1. The van der Waals surface area contributed by atoms with E-state index in [1.54, 1.807) is 19.1 Å². The molecule has 10 heteroatoms. The molecule has 34 heavy (non-hydrogen) atoms. The smallest absolute Gasteiger partial charge is 0.269 e. The van der Waals surface area contributed by atoms with Gasteiger partial charge in [-0.05, 0) is 62.6 Å². The zero-order valence-corrected chi connectivity index (χ0v) is 19.3. The van der Waals surface area contributed by atoms with Gasteiger partial charge in [-0.2, -0.15) is 0 Å². The molecule has 3 amide bonds. The number of imide groups is 1. The second kappa shape index (κ2) is 6.86. The standard InChI is InChI=1S/C24H21ClN4O5/c1-11-9-14(29(33)34)5-6-16(11)28-21(30)18-17-4-3-7-27(17)24(19(18)22(28)31)15-10-13(25)8-12(2)20(15)26-23(24)32/h5-6,8-10,17-19H,3-4,7H2,1-2H3,(H,26,32)/t17-,18-,19+,24-/m1/s1. The highest BCUT2D eigenvalue weighted by Gasteiger charge is 2.74. The van der Waals surface area contributed by atoms with Gasteiger partial charge in [0, 0.05) is 34.4 Å². The maximum Gasteiger partial charge on any atom is 0.269 e. The summed E-state index contributed by atoms with van der Waals surface area (Å²) in [7, 11) is 0. The quantitative estimate of drug-likeness (QED) is 0.401. The number of fused-ring (bicyclic) bond motifs is 7. The first-order chi connectivity index (χ1) is 16.2. The van der Waals surface area contributed by atoms with E-state index in [4.69, 9.17) is 11.6 Å². The first-order valence-corrected chi connectivity index (χ1v) is 11.6. The molecule has 2 aromatic carbocycles. The largest absolute Gasteiger partial charge is 0.324 e. The third-order valence-corrected chi connectivity index (χ3v) is 8.11. The van der Waals surface area contributed by atoms with Crippen molar-refractivity contribution in [3.8, 4) is 0 Å². The molecule has 0 aliphatic carbocycles. The maximum atomic E-state index is 14.0. The first-order valence-electron chi connectivity index (χ1n) is 11.2.